The maximum Gasteiger partial charge on any atom is 0.186 e. The van der Waals surface area contributed by atoms with Gasteiger partial charge in [0.2, 0.25) is 0 Å². The number of rotatable bonds is 2. The Hall–Kier alpha value is -1.28. The second-order valence-corrected chi connectivity index (χ2v) is 4.88. The van der Waals surface area contributed by atoms with Crippen molar-refractivity contribution >= 4 is 46.1 Å². The molecule has 0 aliphatic heterocycles. The molecule has 1 aliphatic carbocycles. The van der Waals surface area contributed by atoms with Crippen LogP contribution in [0.1, 0.15) is 32.1 Å². The van der Waals surface area contributed by atoms with Crippen molar-refractivity contribution < 1.29 is 0 Å². The summed E-state index contributed by atoms with van der Waals surface area (Å²) in [5.74, 6) is 0. The predicted molar refractivity (Wildman–Crippen MR) is 87.5 cm³/mol. The molecule has 1 rings (SSSR count). The van der Waals surface area contributed by atoms with Crippen molar-refractivity contribution in [3.8, 4) is 0 Å². The first-order chi connectivity index (χ1) is 9.17. The highest BCUT2D eigenvalue weighted by Crippen LogP contribution is 2.13. The van der Waals surface area contributed by atoms with Gasteiger partial charge in [-0.05, 0) is 50.1 Å². The molecule has 0 aromatic rings. The predicted octanol–water partition coefficient (Wildman–Crippen LogP) is 0.850. The second kappa shape index (κ2) is 8.76. The van der Waals surface area contributed by atoms with Crippen LogP contribution in [-0.4, -0.2) is 35.7 Å². The molecule has 4 N–H and O–H groups in total. The third kappa shape index (κ3) is 5.93. The van der Waals surface area contributed by atoms with Crippen LogP contribution in [0, 0.1) is 0 Å². The highest BCUT2D eigenvalue weighted by molar-refractivity contribution is 7.80. The minimum Gasteiger partial charge on any atom is -0.364 e. The number of hydrogen-bond donors (Lipinski definition) is 4. The standard InChI is InChI=1S/C11H20N6S2/c1-12-10(18)16-14-8-6-4-3-5-7-9(8)15-17-11(19)13-2/h3-7H2,1-2H3,(H2,12,16,18)(H2,13,17,19)/b14-8+,15-9+. The number of nitrogens with zero attached hydrogens (tertiary/aromatic N) is 2. The van der Waals surface area contributed by atoms with Gasteiger partial charge in [-0.25, -0.2) is 0 Å². The average Bonchev–Trinajstić information content (AvgIpc) is 2.67. The molecular formula is C11H20N6S2. The highest BCUT2D eigenvalue weighted by atomic mass is 32.1. The number of hydrogen-bond acceptors (Lipinski definition) is 4. The largest absolute Gasteiger partial charge is 0.364 e. The molecule has 0 heterocycles. The van der Waals surface area contributed by atoms with Crippen molar-refractivity contribution in [2.24, 2.45) is 10.2 Å². The van der Waals surface area contributed by atoms with Gasteiger partial charge in [0, 0.05) is 14.1 Å². The van der Waals surface area contributed by atoms with Gasteiger partial charge in [-0.3, -0.25) is 10.9 Å². The van der Waals surface area contributed by atoms with E-state index in [1.807, 2.05) is 0 Å². The summed E-state index contributed by atoms with van der Waals surface area (Å²) < 4.78 is 0. The summed E-state index contributed by atoms with van der Waals surface area (Å²) in [4.78, 5) is 0. The van der Waals surface area contributed by atoms with Gasteiger partial charge in [0.15, 0.2) is 10.2 Å². The lowest BCUT2D eigenvalue weighted by molar-refractivity contribution is 0.732. The maximum absolute atomic E-state index is 5.01. The molecule has 0 bridgehead atoms. The van der Waals surface area contributed by atoms with Crippen molar-refractivity contribution in [3.05, 3.63) is 0 Å². The normalized spacial score (nSPS) is 19.7. The van der Waals surface area contributed by atoms with E-state index in [4.69, 9.17) is 24.4 Å². The molecule has 6 nitrogen and oxygen atoms in total. The SMILES string of the molecule is CNC(=S)N/N=C1\CCCCC\C1=N/NC(=S)NC. The summed E-state index contributed by atoms with van der Waals surface area (Å²) in [6.45, 7) is 0. The van der Waals surface area contributed by atoms with E-state index in [9.17, 15) is 0 Å². The minimum absolute atomic E-state index is 0.495. The lowest BCUT2D eigenvalue weighted by Gasteiger charge is -2.08. The minimum atomic E-state index is 0.495. The molecule has 8 heteroatoms. The summed E-state index contributed by atoms with van der Waals surface area (Å²) in [6, 6.07) is 0. The van der Waals surface area contributed by atoms with Gasteiger partial charge in [-0.1, -0.05) is 6.42 Å². The molecule has 0 atom stereocenters. The van der Waals surface area contributed by atoms with Crippen LogP contribution in [0.3, 0.4) is 0 Å². The summed E-state index contributed by atoms with van der Waals surface area (Å²) in [7, 11) is 3.51. The molecule has 0 aromatic carbocycles. The Bertz CT molecular complexity index is 355. The van der Waals surface area contributed by atoms with Gasteiger partial charge in [0.25, 0.3) is 0 Å². The van der Waals surface area contributed by atoms with E-state index in [0.717, 1.165) is 37.1 Å². The topological polar surface area (TPSA) is 72.8 Å². The van der Waals surface area contributed by atoms with E-state index >= 15 is 0 Å². The van der Waals surface area contributed by atoms with E-state index in [2.05, 4.69) is 31.7 Å². The third-order valence-corrected chi connectivity index (χ3v) is 3.29. The van der Waals surface area contributed by atoms with E-state index in [0.29, 0.717) is 10.2 Å². The molecule has 0 aromatic heterocycles. The van der Waals surface area contributed by atoms with E-state index < -0.39 is 0 Å². The van der Waals surface area contributed by atoms with Crippen molar-refractivity contribution in [1.29, 1.82) is 0 Å². The van der Waals surface area contributed by atoms with Crippen LogP contribution in [0.2, 0.25) is 0 Å². The molecule has 106 valence electrons. The fourth-order valence-corrected chi connectivity index (χ4v) is 1.73. The smallest absolute Gasteiger partial charge is 0.186 e. The summed E-state index contributed by atoms with van der Waals surface area (Å²) in [5.41, 5.74) is 7.49. The summed E-state index contributed by atoms with van der Waals surface area (Å²) >= 11 is 10.0. The van der Waals surface area contributed by atoms with Crippen LogP contribution in [0.4, 0.5) is 0 Å². The Kier molecular flexibility index (Phi) is 7.27. The van der Waals surface area contributed by atoms with Crippen LogP contribution in [0.15, 0.2) is 10.2 Å². The zero-order valence-corrected chi connectivity index (χ0v) is 12.9. The van der Waals surface area contributed by atoms with Crippen molar-refractivity contribution in [1.82, 2.24) is 21.5 Å². The van der Waals surface area contributed by atoms with Crippen molar-refractivity contribution in [2.45, 2.75) is 32.1 Å². The van der Waals surface area contributed by atoms with Gasteiger partial charge in [-0.15, -0.1) is 0 Å². The van der Waals surface area contributed by atoms with Gasteiger partial charge in [-0.2, -0.15) is 10.2 Å². The molecule has 1 saturated carbocycles. The Morgan fingerprint density at radius 1 is 0.842 bits per heavy atom. The number of hydrazone groups is 2. The zero-order valence-electron chi connectivity index (χ0n) is 11.2. The maximum atomic E-state index is 5.01. The molecule has 1 aliphatic rings. The summed E-state index contributed by atoms with van der Waals surface area (Å²) in [6.07, 6.45) is 5.20. The van der Waals surface area contributed by atoms with Gasteiger partial charge >= 0.3 is 0 Å². The van der Waals surface area contributed by atoms with Crippen LogP contribution in [0.25, 0.3) is 0 Å². The van der Waals surface area contributed by atoms with E-state index in [1.165, 1.54) is 6.42 Å². The van der Waals surface area contributed by atoms with Crippen LogP contribution >= 0.6 is 24.4 Å². The first kappa shape index (κ1) is 15.8. The molecule has 0 amide bonds. The van der Waals surface area contributed by atoms with Gasteiger partial charge < -0.3 is 10.6 Å². The quantitative estimate of drug-likeness (QED) is 0.344. The van der Waals surface area contributed by atoms with Crippen LogP contribution in [-0.2, 0) is 0 Å². The van der Waals surface area contributed by atoms with Gasteiger partial charge in [0.1, 0.15) is 0 Å². The lowest BCUT2D eigenvalue weighted by atomic mass is 10.1. The van der Waals surface area contributed by atoms with Crippen molar-refractivity contribution in [2.75, 3.05) is 14.1 Å². The Morgan fingerprint density at radius 2 is 1.26 bits per heavy atom. The first-order valence-electron chi connectivity index (χ1n) is 6.26. The Morgan fingerprint density at radius 3 is 1.63 bits per heavy atom. The average molecular weight is 300 g/mol. The number of nitrogens with one attached hydrogen (secondary N) is 4. The van der Waals surface area contributed by atoms with Gasteiger partial charge in [0.05, 0.1) is 11.4 Å². The molecule has 1 fully saturated rings. The lowest BCUT2D eigenvalue weighted by Crippen LogP contribution is -2.32. The summed E-state index contributed by atoms with van der Waals surface area (Å²) in [5, 5.41) is 15.3. The molecule has 0 spiro atoms. The molecule has 0 radical (unpaired) electrons. The van der Waals surface area contributed by atoms with Crippen LogP contribution in [0.5, 0.6) is 0 Å². The first-order valence-corrected chi connectivity index (χ1v) is 7.08. The fraction of sp³-hybridized carbons (Fsp3) is 0.636. The van der Waals surface area contributed by atoms with E-state index in [1.54, 1.807) is 14.1 Å². The number of thiocarbonyl (C=S) groups is 2. The Labute approximate surface area is 124 Å². The second-order valence-electron chi connectivity index (χ2n) is 4.06. The highest BCUT2D eigenvalue weighted by Gasteiger charge is 2.14. The molecule has 19 heavy (non-hydrogen) atoms. The third-order valence-electron chi connectivity index (χ3n) is 2.70. The van der Waals surface area contributed by atoms with E-state index in [-0.39, 0.29) is 0 Å². The molecular weight excluding hydrogens is 280 g/mol. The molecule has 0 unspecified atom stereocenters. The van der Waals surface area contributed by atoms with Crippen LogP contribution < -0.4 is 21.5 Å². The zero-order chi connectivity index (χ0) is 14.1. The fourth-order valence-electron chi connectivity index (χ4n) is 1.64. The monoisotopic (exact) mass is 300 g/mol. The van der Waals surface area contributed by atoms with Crippen molar-refractivity contribution in [3.63, 3.8) is 0 Å². The molecule has 0 saturated heterocycles. The Balaban J connectivity index is 2.76.